The third-order valence-electron chi connectivity index (χ3n) is 5.64. The van der Waals surface area contributed by atoms with Crippen molar-refractivity contribution in [2.75, 3.05) is 14.2 Å². The molecule has 0 aliphatic heterocycles. The molecule has 2 N–H and O–H groups in total. The molecule has 4 heteroatoms. The summed E-state index contributed by atoms with van der Waals surface area (Å²) in [6, 6.07) is 17.9. The van der Waals surface area contributed by atoms with E-state index >= 15 is 0 Å². The molecule has 4 rings (SSSR count). The van der Waals surface area contributed by atoms with E-state index < -0.39 is 14.0 Å². The first-order chi connectivity index (χ1) is 12.5. The Hall–Kier alpha value is -1.23. The third-order valence-corrected chi connectivity index (χ3v) is 17.2. The zero-order valence-corrected chi connectivity index (χ0v) is 19.2. The molecule has 2 aromatic rings. The first-order valence-electron chi connectivity index (χ1n) is 8.97. The van der Waals surface area contributed by atoms with Gasteiger partial charge in [-0.1, -0.05) is 0 Å². The molecule has 0 saturated carbocycles. The zero-order valence-electron chi connectivity index (χ0n) is 16.2. The summed E-state index contributed by atoms with van der Waals surface area (Å²) >= 11 is -2.78. The van der Waals surface area contributed by atoms with Gasteiger partial charge in [-0.3, -0.25) is 0 Å². The van der Waals surface area contributed by atoms with Gasteiger partial charge in [0.25, 0.3) is 0 Å². The minimum atomic E-state index is -2.78. The summed E-state index contributed by atoms with van der Waals surface area (Å²) in [7, 11) is 4.36. The van der Waals surface area contributed by atoms with E-state index in [4.69, 9.17) is 10.2 Å². The normalized spacial score (nSPS) is 19.7. The van der Waals surface area contributed by atoms with Crippen LogP contribution in [0.15, 0.2) is 60.7 Å². The summed E-state index contributed by atoms with van der Waals surface area (Å²) in [5.41, 5.74) is 5.96. The Morgan fingerprint density at radius 2 is 1.04 bits per heavy atom. The molecule has 2 unspecified atom stereocenters. The van der Waals surface area contributed by atoms with Gasteiger partial charge in [-0.15, -0.1) is 0 Å². The van der Waals surface area contributed by atoms with E-state index in [1.807, 2.05) is 0 Å². The molecule has 2 aromatic carbocycles. The quantitative estimate of drug-likeness (QED) is 0.744. The molecular weight excluding hydrogens is 372 g/mol. The fourth-order valence-corrected chi connectivity index (χ4v) is 14.2. The number of allylic oxidation sites excluding steroid dienone is 2. The predicted octanol–water partition coefficient (Wildman–Crippen LogP) is 4.07. The Kier molecular flexibility index (Phi) is 6.65. The van der Waals surface area contributed by atoms with E-state index in [-0.39, 0.29) is 0 Å². The second-order valence-electron chi connectivity index (χ2n) is 7.87. The molecule has 0 spiro atoms. The van der Waals surface area contributed by atoms with Crippen LogP contribution in [-0.4, -0.2) is 32.1 Å². The van der Waals surface area contributed by atoms with Gasteiger partial charge in [-0.2, -0.15) is 0 Å². The molecule has 0 aromatic heterocycles. The van der Waals surface area contributed by atoms with Crippen molar-refractivity contribution in [1.29, 1.82) is 0 Å². The molecule has 0 amide bonds. The van der Waals surface area contributed by atoms with E-state index in [0.717, 1.165) is 14.2 Å². The molecule has 0 fully saturated rings. The average Bonchev–Trinajstić information content (AvgIpc) is 3.30. The molecule has 2 aliphatic rings. The zero-order chi connectivity index (χ0) is 19.4. The number of benzene rings is 2. The summed E-state index contributed by atoms with van der Waals surface area (Å²) in [6.07, 6.45) is 9.66. The topological polar surface area (TPSA) is 40.5 Å². The van der Waals surface area contributed by atoms with Crippen LogP contribution in [0, 0.1) is 0 Å². The Balaban J connectivity index is 0.000000570. The van der Waals surface area contributed by atoms with Crippen LogP contribution in [0.5, 0.6) is 0 Å². The molecular formula is C22H30O2SiTi. The van der Waals surface area contributed by atoms with Crippen LogP contribution in [0.4, 0.5) is 0 Å². The van der Waals surface area contributed by atoms with Crippen molar-refractivity contribution in [3.63, 3.8) is 0 Å². The maximum atomic E-state index is 7.00. The fraction of sp³-hybridized carbons (Fsp3) is 0.273. The van der Waals surface area contributed by atoms with Gasteiger partial charge in [0.1, 0.15) is 0 Å². The van der Waals surface area contributed by atoms with Crippen LogP contribution in [0.2, 0.25) is 10.5 Å². The van der Waals surface area contributed by atoms with Gasteiger partial charge in [0, 0.05) is 14.2 Å². The number of rotatable bonds is 2. The van der Waals surface area contributed by atoms with Gasteiger partial charge in [-0.25, -0.2) is 0 Å². The predicted molar refractivity (Wildman–Crippen MR) is 113 cm³/mol. The fourth-order valence-electron chi connectivity index (χ4n) is 4.35. The molecule has 0 saturated heterocycles. The summed E-state index contributed by atoms with van der Waals surface area (Å²) in [6.45, 7) is 0. The van der Waals surface area contributed by atoms with Gasteiger partial charge >= 0.3 is 136 Å². The Morgan fingerprint density at radius 1 is 0.692 bits per heavy atom. The van der Waals surface area contributed by atoms with Crippen LogP contribution >= 0.6 is 0 Å². The van der Waals surface area contributed by atoms with E-state index in [9.17, 15) is 0 Å². The molecule has 2 atom stereocenters. The first kappa shape index (κ1) is 21.1. The second-order valence-corrected chi connectivity index (χ2v) is 28.2. The van der Waals surface area contributed by atoms with Crippen molar-refractivity contribution in [1.82, 2.24) is 0 Å². The number of hydrogen-bond acceptors (Lipinski definition) is 2. The molecule has 0 heterocycles. The van der Waals surface area contributed by atoms with E-state index in [1.165, 1.54) is 11.1 Å². The molecule has 2 nitrogen and oxygen atoms in total. The Morgan fingerprint density at radius 3 is 1.42 bits per heavy atom. The number of fused-ring (bicyclic) bond motifs is 2. The molecule has 26 heavy (non-hydrogen) atoms. The average molecular weight is 402 g/mol. The van der Waals surface area contributed by atoms with Gasteiger partial charge in [0.05, 0.1) is 0 Å². The van der Waals surface area contributed by atoms with Crippen molar-refractivity contribution >= 4 is 19.8 Å². The van der Waals surface area contributed by atoms with Crippen molar-refractivity contribution in [2.45, 2.75) is 18.9 Å². The van der Waals surface area contributed by atoms with Crippen molar-refractivity contribution < 1.29 is 24.3 Å². The van der Waals surface area contributed by atoms with Crippen molar-refractivity contribution in [3.05, 3.63) is 82.9 Å². The molecule has 0 bridgehead atoms. The van der Waals surface area contributed by atoms with E-state index in [0.29, 0.717) is 8.45 Å². The van der Waals surface area contributed by atoms with Crippen LogP contribution < -0.4 is 0 Å². The molecule has 0 radical (unpaired) electrons. The summed E-state index contributed by atoms with van der Waals surface area (Å²) in [4.78, 5) is 0. The van der Waals surface area contributed by atoms with Gasteiger partial charge in [0.2, 0.25) is 0 Å². The summed E-state index contributed by atoms with van der Waals surface area (Å²) in [5, 5.41) is 19.3. The summed E-state index contributed by atoms with van der Waals surface area (Å²) in [5.74, 6) is 0. The first-order valence-corrected chi connectivity index (χ1v) is 17.9. The van der Waals surface area contributed by atoms with E-state index in [2.05, 4.69) is 90.9 Å². The second kappa shape index (κ2) is 8.20. The molecule has 138 valence electrons. The Bertz CT molecular complexity index is 825. The number of aliphatic hydroxyl groups excluding tert-OH is 2. The van der Waals surface area contributed by atoms with Crippen molar-refractivity contribution in [3.8, 4) is 0 Å². The monoisotopic (exact) mass is 402 g/mol. The van der Waals surface area contributed by atoms with E-state index in [1.54, 1.807) is 11.1 Å². The van der Waals surface area contributed by atoms with Crippen molar-refractivity contribution in [2.24, 2.45) is 0 Å². The van der Waals surface area contributed by atoms with Crippen LogP contribution in [0.25, 0.3) is 12.2 Å². The summed E-state index contributed by atoms with van der Waals surface area (Å²) < 4.78 is 1.26. The molecule has 2 aliphatic carbocycles. The van der Waals surface area contributed by atoms with Gasteiger partial charge < -0.3 is 10.2 Å². The van der Waals surface area contributed by atoms with Gasteiger partial charge in [-0.05, 0) is 0 Å². The Labute approximate surface area is 159 Å². The van der Waals surface area contributed by atoms with Crippen LogP contribution in [-0.2, 0) is 14.0 Å². The number of aliphatic hydroxyl groups is 2. The van der Waals surface area contributed by atoms with Crippen LogP contribution in [0.1, 0.15) is 30.7 Å². The number of hydrogen-bond donors (Lipinski definition) is 2. The SMILES string of the molecule is CO.CO.[CH3][Ti]([CH3])(=[SiH2])([CH]1C=Cc2ccccc21)[CH]1C=Cc2ccccc21. The maximum absolute atomic E-state index is 7.00. The minimum absolute atomic E-state index is 0.632. The van der Waals surface area contributed by atoms with Crippen LogP contribution in [0.3, 0.4) is 0 Å². The van der Waals surface area contributed by atoms with Gasteiger partial charge in [0.15, 0.2) is 0 Å². The standard InChI is InChI=1S/2C9H7.2CH4O.2CH3.H2Si.Ti/c2*1-2-5-9-7-3-6-8(9)4-1;2*1-2;;;;/h2*1-7H;2*2H,1H3;2*1H3;1H2;. The third kappa shape index (κ3) is 3.60.